The van der Waals surface area contributed by atoms with E-state index < -0.39 is 0 Å². The van der Waals surface area contributed by atoms with Crippen molar-refractivity contribution in [1.82, 2.24) is 5.43 Å². The predicted molar refractivity (Wildman–Crippen MR) is 70.4 cm³/mol. The fourth-order valence-electron chi connectivity index (χ4n) is 2.28. The number of amides is 1. The second kappa shape index (κ2) is 5.85. The Morgan fingerprint density at radius 2 is 2.06 bits per heavy atom. The molecule has 0 aromatic carbocycles. The van der Waals surface area contributed by atoms with E-state index in [9.17, 15) is 4.79 Å². The van der Waals surface area contributed by atoms with Gasteiger partial charge in [0.1, 0.15) is 17.2 Å². The van der Waals surface area contributed by atoms with Gasteiger partial charge in [0.15, 0.2) is 0 Å². The summed E-state index contributed by atoms with van der Waals surface area (Å²) in [5.41, 5.74) is 3.35. The van der Waals surface area contributed by atoms with Gasteiger partial charge in [-0.05, 0) is 38.8 Å². The van der Waals surface area contributed by atoms with Gasteiger partial charge in [0.25, 0.3) is 0 Å². The van der Waals surface area contributed by atoms with Crippen molar-refractivity contribution < 1.29 is 9.21 Å². The topological polar surface area (TPSA) is 54.6 Å². The molecule has 2 rings (SSSR count). The lowest BCUT2D eigenvalue weighted by atomic mass is 9.89. The Labute approximate surface area is 107 Å². The average Bonchev–Trinajstić information content (AvgIpc) is 2.83. The number of nitrogens with zero attached hydrogens (tertiary/aromatic N) is 1. The molecule has 98 valence electrons. The van der Waals surface area contributed by atoms with Crippen LogP contribution in [0.2, 0.25) is 0 Å². The van der Waals surface area contributed by atoms with Gasteiger partial charge in [-0.1, -0.05) is 19.3 Å². The Morgan fingerprint density at radius 3 is 2.67 bits per heavy atom. The van der Waals surface area contributed by atoms with Crippen LogP contribution >= 0.6 is 0 Å². The van der Waals surface area contributed by atoms with Crippen LogP contribution < -0.4 is 5.43 Å². The van der Waals surface area contributed by atoms with Crippen molar-refractivity contribution in [2.45, 2.75) is 46.0 Å². The lowest BCUT2D eigenvalue weighted by Gasteiger charge is -2.19. The largest absolute Gasteiger partial charge is 0.460 e. The highest BCUT2D eigenvalue weighted by Crippen LogP contribution is 2.23. The highest BCUT2D eigenvalue weighted by Gasteiger charge is 2.20. The lowest BCUT2D eigenvalue weighted by molar-refractivity contribution is -0.125. The van der Waals surface area contributed by atoms with E-state index in [0.717, 1.165) is 31.4 Å². The van der Waals surface area contributed by atoms with Crippen LogP contribution in [0.3, 0.4) is 0 Å². The number of furan rings is 1. The minimum Gasteiger partial charge on any atom is -0.460 e. The zero-order chi connectivity index (χ0) is 13.0. The third kappa shape index (κ3) is 3.22. The maximum atomic E-state index is 11.9. The Bertz CT molecular complexity index is 442. The van der Waals surface area contributed by atoms with Crippen molar-refractivity contribution in [3.8, 4) is 0 Å². The number of carbonyl (C=O) groups excluding carboxylic acids is 1. The molecule has 0 atom stereocenters. The minimum atomic E-state index is 0.0392. The summed E-state index contributed by atoms with van der Waals surface area (Å²) in [6.07, 6.45) is 5.52. The molecule has 18 heavy (non-hydrogen) atoms. The van der Waals surface area contributed by atoms with Crippen molar-refractivity contribution >= 4 is 11.6 Å². The summed E-state index contributed by atoms with van der Waals surface area (Å²) in [5, 5.41) is 4.11. The number of hydrogen-bond donors (Lipinski definition) is 1. The summed E-state index contributed by atoms with van der Waals surface area (Å²) in [6, 6.07) is 3.75. The van der Waals surface area contributed by atoms with Crippen molar-refractivity contribution in [2.75, 3.05) is 0 Å². The minimum absolute atomic E-state index is 0.0392. The molecule has 1 amide bonds. The highest BCUT2D eigenvalue weighted by atomic mass is 16.3. The average molecular weight is 248 g/mol. The Balaban J connectivity index is 1.91. The molecule has 0 bridgehead atoms. The third-order valence-corrected chi connectivity index (χ3v) is 3.41. The quantitative estimate of drug-likeness (QED) is 0.660. The van der Waals surface area contributed by atoms with Crippen LogP contribution in [0.25, 0.3) is 0 Å². The van der Waals surface area contributed by atoms with Gasteiger partial charge < -0.3 is 4.42 Å². The van der Waals surface area contributed by atoms with Crippen LogP contribution in [0.1, 0.15) is 50.5 Å². The van der Waals surface area contributed by atoms with Crippen LogP contribution in [0.15, 0.2) is 21.7 Å². The maximum Gasteiger partial charge on any atom is 0.243 e. The molecule has 0 aliphatic heterocycles. The fraction of sp³-hybridized carbons (Fsp3) is 0.571. The lowest BCUT2D eigenvalue weighted by Crippen LogP contribution is -2.29. The number of rotatable bonds is 3. The van der Waals surface area contributed by atoms with Gasteiger partial charge >= 0.3 is 0 Å². The van der Waals surface area contributed by atoms with Crippen LogP contribution in [-0.4, -0.2) is 11.6 Å². The maximum absolute atomic E-state index is 11.9. The van der Waals surface area contributed by atoms with E-state index in [1.54, 1.807) is 0 Å². The normalized spacial score (nSPS) is 17.8. The van der Waals surface area contributed by atoms with Crippen molar-refractivity contribution in [1.29, 1.82) is 0 Å². The smallest absolute Gasteiger partial charge is 0.243 e. The highest BCUT2D eigenvalue weighted by molar-refractivity contribution is 5.97. The van der Waals surface area contributed by atoms with Crippen LogP contribution in [0.5, 0.6) is 0 Å². The first-order valence-corrected chi connectivity index (χ1v) is 6.58. The molecule has 4 heteroatoms. The molecule has 0 unspecified atom stereocenters. The molecule has 0 spiro atoms. The Morgan fingerprint density at radius 1 is 1.33 bits per heavy atom. The molecule has 1 fully saturated rings. The molecule has 1 aliphatic carbocycles. The fourth-order valence-corrected chi connectivity index (χ4v) is 2.28. The van der Waals surface area contributed by atoms with Gasteiger partial charge in [-0.3, -0.25) is 4.79 Å². The molecule has 0 radical (unpaired) electrons. The molecule has 4 nitrogen and oxygen atoms in total. The zero-order valence-electron chi connectivity index (χ0n) is 11.0. The van der Waals surface area contributed by atoms with Gasteiger partial charge in [-0.25, -0.2) is 5.43 Å². The van der Waals surface area contributed by atoms with Crippen molar-refractivity contribution in [3.05, 3.63) is 23.7 Å². The number of nitrogens with one attached hydrogen (secondary N) is 1. The predicted octanol–water partition coefficient (Wildman–Crippen LogP) is 3.01. The molecular formula is C14H20N2O2. The second-order valence-electron chi connectivity index (χ2n) is 4.92. The van der Waals surface area contributed by atoms with E-state index in [0.29, 0.717) is 11.5 Å². The second-order valence-corrected chi connectivity index (χ2v) is 4.92. The van der Waals surface area contributed by atoms with E-state index in [2.05, 4.69) is 10.5 Å². The number of aryl methyl sites for hydroxylation is 1. The summed E-state index contributed by atoms with van der Waals surface area (Å²) in [5.74, 6) is 1.72. The summed E-state index contributed by atoms with van der Waals surface area (Å²) < 4.78 is 5.44. The molecule has 0 saturated heterocycles. The molecule has 1 saturated carbocycles. The monoisotopic (exact) mass is 248 g/mol. The van der Waals surface area contributed by atoms with Crippen molar-refractivity contribution in [2.24, 2.45) is 11.0 Å². The SMILES string of the molecule is C/C(=N\NC(=O)C1CCCCC1)c1ccc(C)o1. The zero-order valence-corrected chi connectivity index (χ0v) is 11.0. The summed E-state index contributed by atoms with van der Waals surface area (Å²) in [7, 11) is 0. The van der Waals surface area contributed by atoms with E-state index in [4.69, 9.17) is 4.42 Å². The van der Waals surface area contributed by atoms with Crippen LogP contribution in [-0.2, 0) is 4.79 Å². The summed E-state index contributed by atoms with van der Waals surface area (Å²) in [4.78, 5) is 11.9. The molecule has 1 N–H and O–H groups in total. The van der Waals surface area contributed by atoms with Gasteiger partial charge in [-0.15, -0.1) is 0 Å². The number of hydrazone groups is 1. The Hall–Kier alpha value is -1.58. The van der Waals surface area contributed by atoms with E-state index in [1.165, 1.54) is 6.42 Å². The summed E-state index contributed by atoms with van der Waals surface area (Å²) in [6.45, 7) is 3.72. The third-order valence-electron chi connectivity index (χ3n) is 3.41. The standard InChI is InChI=1S/C14H20N2O2/c1-10-8-9-13(18-10)11(2)15-16-14(17)12-6-4-3-5-7-12/h8-9,12H,3-7H2,1-2H3,(H,16,17)/b15-11+. The van der Waals surface area contributed by atoms with Crippen molar-refractivity contribution in [3.63, 3.8) is 0 Å². The van der Waals surface area contributed by atoms with Gasteiger partial charge in [0.05, 0.1) is 0 Å². The van der Waals surface area contributed by atoms with E-state index >= 15 is 0 Å². The molecule has 1 aliphatic rings. The molecule has 1 aromatic rings. The first-order chi connectivity index (χ1) is 8.66. The first-order valence-electron chi connectivity index (χ1n) is 6.58. The van der Waals surface area contributed by atoms with Gasteiger partial charge in [0, 0.05) is 5.92 Å². The molecule has 1 heterocycles. The number of carbonyl (C=O) groups is 1. The van der Waals surface area contributed by atoms with E-state index in [1.807, 2.05) is 26.0 Å². The summed E-state index contributed by atoms with van der Waals surface area (Å²) >= 11 is 0. The Kier molecular flexibility index (Phi) is 4.18. The number of hydrogen-bond acceptors (Lipinski definition) is 3. The van der Waals surface area contributed by atoms with Crippen LogP contribution in [0, 0.1) is 12.8 Å². The van der Waals surface area contributed by atoms with Gasteiger partial charge in [-0.2, -0.15) is 5.10 Å². The van der Waals surface area contributed by atoms with Gasteiger partial charge in [0.2, 0.25) is 5.91 Å². The molecule has 1 aromatic heterocycles. The first kappa shape index (κ1) is 12.9. The van der Waals surface area contributed by atoms with E-state index in [-0.39, 0.29) is 11.8 Å². The molecular weight excluding hydrogens is 228 g/mol. The van der Waals surface area contributed by atoms with Crippen LogP contribution in [0.4, 0.5) is 0 Å².